The zero-order chi connectivity index (χ0) is 13.9. The largest absolute Gasteiger partial charge is 0.297 e. The average Bonchev–Trinajstić information content (AvgIpc) is 2.30. The lowest BCUT2D eigenvalue weighted by Crippen LogP contribution is -2.50. The lowest BCUT2D eigenvalue weighted by molar-refractivity contribution is 0.0651. The van der Waals surface area contributed by atoms with E-state index < -0.39 is 17.2 Å². The van der Waals surface area contributed by atoms with Crippen LogP contribution in [-0.2, 0) is 0 Å². The van der Waals surface area contributed by atoms with Crippen LogP contribution in [0.5, 0.6) is 0 Å². The fraction of sp³-hybridized carbons (Fsp3) is 0.500. The Hall–Kier alpha value is -1.29. The number of likely N-dealkylation sites (N-methyl/N-ethyl adjacent to an activating group) is 1. The molecule has 0 N–H and O–H groups in total. The first-order valence-electron chi connectivity index (χ1n) is 6.06. The average molecular weight is 255 g/mol. The number of carbonyl (C=O) groups excluding carboxylic acids is 1. The summed E-state index contributed by atoms with van der Waals surface area (Å²) < 4.78 is 26.6. The molecule has 4 heteroatoms. The molecule has 0 fully saturated rings. The molecule has 1 aromatic rings. The van der Waals surface area contributed by atoms with Crippen LogP contribution in [0.3, 0.4) is 0 Å². The molecule has 100 valence electrons. The van der Waals surface area contributed by atoms with Gasteiger partial charge in [-0.25, -0.2) is 8.78 Å². The summed E-state index contributed by atoms with van der Waals surface area (Å²) in [4.78, 5) is 14.3. The molecule has 1 rings (SSSR count). The van der Waals surface area contributed by atoms with Crippen molar-refractivity contribution < 1.29 is 13.6 Å². The van der Waals surface area contributed by atoms with E-state index in [4.69, 9.17) is 0 Å². The number of halogens is 2. The van der Waals surface area contributed by atoms with Gasteiger partial charge in [0.05, 0.1) is 11.1 Å². The number of hydrogen-bond acceptors (Lipinski definition) is 2. The first-order valence-corrected chi connectivity index (χ1v) is 6.06. The standard InChI is InChI=1S/C14H19F2NO/c1-5-14(6-2,17(3)4)13(18)11-8-7-10(15)9-12(11)16/h7-9H,5-6H2,1-4H3. The Balaban J connectivity index is 3.26. The fourth-order valence-electron chi connectivity index (χ4n) is 2.33. The number of carbonyl (C=O) groups is 1. The van der Waals surface area contributed by atoms with Crippen molar-refractivity contribution in [2.75, 3.05) is 14.1 Å². The Bertz CT molecular complexity index is 439. The van der Waals surface area contributed by atoms with Gasteiger partial charge in [-0.05, 0) is 39.1 Å². The van der Waals surface area contributed by atoms with Crippen LogP contribution in [0.2, 0.25) is 0 Å². The van der Waals surface area contributed by atoms with Gasteiger partial charge in [0, 0.05) is 6.07 Å². The van der Waals surface area contributed by atoms with Crippen LogP contribution in [0.15, 0.2) is 18.2 Å². The zero-order valence-corrected chi connectivity index (χ0v) is 11.3. The van der Waals surface area contributed by atoms with Gasteiger partial charge in [-0.3, -0.25) is 9.69 Å². The summed E-state index contributed by atoms with van der Waals surface area (Å²) in [6, 6.07) is 3.08. The van der Waals surface area contributed by atoms with Crippen molar-refractivity contribution in [3.05, 3.63) is 35.4 Å². The van der Waals surface area contributed by atoms with Crippen LogP contribution >= 0.6 is 0 Å². The Morgan fingerprint density at radius 1 is 1.22 bits per heavy atom. The summed E-state index contributed by atoms with van der Waals surface area (Å²) in [7, 11) is 3.60. The third-order valence-corrected chi connectivity index (χ3v) is 3.62. The summed E-state index contributed by atoms with van der Waals surface area (Å²) in [5.74, 6) is -1.77. The smallest absolute Gasteiger partial charge is 0.185 e. The van der Waals surface area contributed by atoms with E-state index in [-0.39, 0.29) is 11.3 Å². The minimum Gasteiger partial charge on any atom is -0.297 e. The topological polar surface area (TPSA) is 20.3 Å². The third kappa shape index (κ3) is 2.43. The van der Waals surface area contributed by atoms with Crippen LogP contribution < -0.4 is 0 Å². The van der Waals surface area contributed by atoms with Gasteiger partial charge in [-0.2, -0.15) is 0 Å². The molecule has 0 atom stereocenters. The molecule has 0 aromatic heterocycles. The molecule has 0 spiro atoms. The first kappa shape index (κ1) is 14.8. The molecule has 0 saturated carbocycles. The minimum atomic E-state index is -0.798. The molecule has 0 aliphatic heterocycles. The van der Waals surface area contributed by atoms with Gasteiger partial charge in [0.25, 0.3) is 0 Å². The fourth-order valence-corrected chi connectivity index (χ4v) is 2.33. The Kier molecular flexibility index (Phi) is 4.57. The number of hydrogen-bond donors (Lipinski definition) is 0. The molecule has 0 amide bonds. The summed E-state index contributed by atoms with van der Waals surface area (Å²) in [6.07, 6.45) is 1.15. The molecular formula is C14H19F2NO. The lowest BCUT2D eigenvalue weighted by Gasteiger charge is -2.37. The Morgan fingerprint density at radius 2 is 1.78 bits per heavy atom. The van der Waals surface area contributed by atoms with Crippen molar-refractivity contribution in [1.82, 2.24) is 4.90 Å². The maximum atomic E-state index is 13.7. The van der Waals surface area contributed by atoms with Crippen molar-refractivity contribution in [2.24, 2.45) is 0 Å². The van der Waals surface area contributed by atoms with Gasteiger partial charge in [-0.15, -0.1) is 0 Å². The summed E-state index contributed by atoms with van der Waals surface area (Å²) in [6.45, 7) is 3.78. The molecule has 0 radical (unpaired) electrons. The second kappa shape index (κ2) is 5.57. The monoisotopic (exact) mass is 255 g/mol. The van der Waals surface area contributed by atoms with E-state index in [1.54, 1.807) is 19.0 Å². The highest BCUT2D eigenvalue weighted by atomic mass is 19.1. The molecule has 0 saturated heterocycles. The van der Waals surface area contributed by atoms with Crippen LogP contribution in [-0.4, -0.2) is 30.3 Å². The number of nitrogens with zero attached hydrogens (tertiary/aromatic N) is 1. The Morgan fingerprint density at radius 3 is 2.17 bits per heavy atom. The quantitative estimate of drug-likeness (QED) is 0.753. The molecule has 18 heavy (non-hydrogen) atoms. The highest BCUT2D eigenvalue weighted by molar-refractivity contribution is 6.03. The molecule has 1 aromatic carbocycles. The highest BCUT2D eigenvalue weighted by Crippen LogP contribution is 2.27. The number of rotatable bonds is 5. The van der Waals surface area contributed by atoms with E-state index in [2.05, 4.69) is 0 Å². The SMILES string of the molecule is CCC(CC)(C(=O)c1ccc(F)cc1F)N(C)C. The molecule has 0 heterocycles. The molecule has 0 bridgehead atoms. The van der Waals surface area contributed by atoms with E-state index in [9.17, 15) is 13.6 Å². The molecule has 0 aliphatic carbocycles. The molecular weight excluding hydrogens is 236 g/mol. The van der Waals surface area contributed by atoms with E-state index >= 15 is 0 Å². The van der Waals surface area contributed by atoms with Crippen molar-refractivity contribution in [3.63, 3.8) is 0 Å². The zero-order valence-electron chi connectivity index (χ0n) is 11.3. The lowest BCUT2D eigenvalue weighted by atomic mass is 9.83. The maximum absolute atomic E-state index is 13.7. The number of benzene rings is 1. The van der Waals surface area contributed by atoms with Crippen molar-refractivity contribution in [2.45, 2.75) is 32.2 Å². The highest BCUT2D eigenvalue weighted by Gasteiger charge is 2.38. The van der Waals surface area contributed by atoms with Crippen LogP contribution in [0.25, 0.3) is 0 Å². The van der Waals surface area contributed by atoms with Crippen LogP contribution in [0.1, 0.15) is 37.0 Å². The van der Waals surface area contributed by atoms with Gasteiger partial charge in [0.15, 0.2) is 5.78 Å². The van der Waals surface area contributed by atoms with Gasteiger partial charge in [-0.1, -0.05) is 13.8 Å². The second-order valence-electron chi connectivity index (χ2n) is 4.59. The predicted octanol–water partition coefficient (Wildman–Crippen LogP) is 3.27. The maximum Gasteiger partial charge on any atom is 0.185 e. The molecule has 0 aliphatic rings. The minimum absolute atomic E-state index is 0.0474. The van der Waals surface area contributed by atoms with Gasteiger partial charge in [0.2, 0.25) is 0 Å². The van der Waals surface area contributed by atoms with Crippen LogP contribution in [0, 0.1) is 11.6 Å². The summed E-state index contributed by atoms with van der Waals surface area (Å²) in [5.41, 5.74) is -0.785. The number of ketones is 1. The Labute approximate surface area is 107 Å². The van der Waals surface area contributed by atoms with Crippen molar-refractivity contribution >= 4 is 5.78 Å². The van der Waals surface area contributed by atoms with E-state index in [1.807, 2.05) is 13.8 Å². The van der Waals surface area contributed by atoms with Gasteiger partial charge >= 0.3 is 0 Å². The van der Waals surface area contributed by atoms with E-state index in [0.717, 1.165) is 12.1 Å². The van der Waals surface area contributed by atoms with E-state index in [1.165, 1.54) is 6.07 Å². The normalized spacial score (nSPS) is 11.9. The number of Topliss-reactive ketones (excluding diaryl/α,β-unsaturated/α-hetero) is 1. The van der Waals surface area contributed by atoms with Crippen molar-refractivity contribution in [3.8, 4) is 0 Å². The van der Waals surface area contributed by atoms with Gasteiger partial charge in [0.1, 0.15) is 11.6 Å². The van der Waals surface area contributed by atoms with E-state index in [0.29, 0.717) is 12.8 Å². The van der Waals surface area contributed by atoms with Gasteiger partial charge < -0.3 is 0 Å². The molecule has 2 nitrogen and oxygen atoms in total. The molecule has 0 unspecified atom stereocenters. The van der Waals surface area contributed by atoms with Crippen molar-refractivity contribution in [1.29, 1.82) is 0 Å². The predicted molar refractivity (Wildman–Crippen MR) is 67.7 cm³/mol. The summed E-state index contributed by atoms with van der Waals surface area (Å²) in [5, 5.41) is 0. The van der Waals surface area contributed by atoms with Crippen LogP contribution in [0.4, 0.5) is 8.78 Å². The third-order valence-electron chi connectivity index (χ3n) is 3.62. The summed E-state index contributed by atoms with van der Waals surface area (Å²) >= 11 is 0. The second-order valence-corrected chi connectivity index (χ2v) is 4.59. The first-order chi connectivity index (χ1) is 8.39.